The number of carbonyl (C=O) groups excluding carboxylic acids is 1. The van der Waals surface area contributed by atoms with Crippen LogP contribution in [-0.2, 0) is 66.5 Å². The minimum absolute atomic E-state index is 0.0624. The van der Waals surface area contributed by atoms with Crippen molar-refractivity contribution in [2.75, 3.05) is 132 Å². The minimum Gasteiger partial charge on any atom is -0.463 e. The molecule has 0 saturated heterocycles. The largest absolute Gasteiger partial charge is 0.463 e. The predicted octanol–water partition coefficient (Wildman–Crippen LogP) is 2.97. The molecule has 0 radical (unpaired) electrons. The summed E-state index contributed by atoms with van der Waals surface area (Å²) in [6, 6.07) is 6.47. The third-order valence-electron chi connectivity index (χ3n) is 6.23. The van der Waals surface area contributed by atoms with Crippen LogP contribution < -0.4 is 0 Å². The fourth-order valence-electron chi connectivity index (χ4n) is 3.64. The second kappa shape index (κ2) is 32.4. The summed E-state index contributed by atoms with van der Waals surface area (Å²) in [6.07, 6.45) is 3.47. The monoisotopic (exact) mass is 710 g/mol. The lowest BCUT2D eigenvalue weighted by molar-refractivity contribution is -0.145. The summed E-state index contributed by atoms with van der Waals surface area (Å²) in [4.78, 5) is 11.6. The Kier molecular flexibility index (Phi) is 29.9. The minimum atomic E-state index is -3.78. The Hall–Kier alpha value is -1.76. The smallest absolute Gasteiger partial charge is 0.305 e. The summed E-state index contributed by atoms with van der Waals surface area (Å²) >= 11 is 0. The molecule has 0 aliphatic heterocycles. The number of rotatable bonds is 36. The van der Waals surface area contributed by atoms with E-state index in [1.807, 2.05) is 6.92 Å². The number of ether oxygens (including phenoxy) is 10. The second-order valence-electron chi connectivity index (χ2n) is 10.3. The molecule has 48 heavy (non-hydrogen) atoms. The average molecular weight is 711 g/mol. The molecule has 1 aromatic carbocycles. The van der Waals surface area contributed by atoms with Crippen LogP contribution in [0, 0.1) is 6.92 Å². The Morgan fingerprint density at radius 1 is 0.500 bits per heavy atom. The molecule has 0 bridgehead atoms. The van der Waals surface area contributed by atoms with E-state index in [-0.39, 0.29) is 30.7 Å². The molecule has 0 unspecified atom stereocenters. The molecule has 0 saturated carbocycles. The van der Waals surface area contributed by atoms with Crippen molar-refractivity contribution in [2.45, 2.75) is 44.4 Å². The van der Waals surface area contributed by atoms with Crippen molar-refractivity contribution in [1.82, 2.24) is 0 Å². The van der Waals surface area contributed by atoms with Gasteiger partial charge in [-0.3, -0.25) is 8.98 Å². The van der Waals surface area contributed by atoms with Gasteiger partial charge >= 0.3 is 5.97 Å². The Balaban J connectivity index is 1.69. The number of hydrogen-bond acceptors (Lipinski definition) is 14. The summed E-state index contributed by atoms with van der Waals surface area (Å²) in [5, 5.41) is 0. The van der Waals surface area contributed by atoms with E-state index in [9.17, 15) is 13.2 Å². The zero-order valence-corrected chi connectivity index (χ0v) is 29.7. The van der Waals surface area contributed by atoms with Gasteiger partial charge in [0.15, 0.2) is 0 Å². The number of benzene rings is 1. The first kappa shape index (κ1) is 44.3. The summed E-state index contributed by atoms with van der Waals surface area (Å²) in [6.45, 7) is 11.8. The molecule has 0 N–H and O–H groups in total. The fourth-order valence-corrected chi connectivity index (χ4v) is 4.54. The maximum Gasteiger partial charge on any atom is 0.305 e. The SMILES string of the molecule is CCCCCC(=O)OCCOCCOCCOCCOCCOCCOCCOCCOCCOCCOS(=O)(=O)c1ccc(C)cc1. The van der Waals surface area contributed by atoms with Crippen molar-refractivity contribution in [3.63, 3.8) is 0 Å². The van der Waals surface area contributed by atoms with E-state index >= 15 is 0 Å². The summed E-state index contributed by atoms with van der Waals surface area (Å²) in [5.74, 6) is -0.167. The van der Waals surface area contributed by atoms with Gasteiger partial charge in [0.25, 0.3) is 10.1 Å². The molecule has 0 spiro atoms. The number of unbranched alkanes of at least 4 members (excludes halogenated alkanes) is 2. The second-order valence-corrected chi connectivity index (χ2v) is 11.9. The van der Waals surface area contributed by atoms with Crippen LogP contribution in [-0.4, -0.2) is 147 Å². The van der Waals surface area contributed by atoms with E-state index in [1.54, 1.807) is 12.1 Å². The maximum atomic E-state index is 12.1. The highest BCUT2D eigenvalue weighted by atomic mass is 32.2. The van der Waals surface area contributed by atoms with Gasteiger partial charge in [-0.15, -0.1) is 0 Å². The van der Waals surface area contributed by atoms with Gasteiger partial charge in [0.1, 0.15) is 6.61 Å². The maximum absolute atomic E-state index is 12.1. The van der Waals surface area contributed by atoms with Crippen molar-refractivity contribution in [3.05, 3.63) is 29.8 Å². The highest BCUT2D eigenvalue weighted by Gasteiger charge is 2.14. The normalized spacial score (nSPS) is 11.7. The number of esters is 1. The van der Waals surface area contributed by atoms with Gasteiger partial charge in [-0.2, -0.15) is 8.42 Å². The van der Waals surface area contributed by atoms with Crippen LogP contribution in [0.5, 0.6) is 0 Å². The van der Waals surface area contributed by atoms with Crippen LogP contribution >= 0.6 is 0 Å². The molecule has 1 rings (SSSR count). The van der Waals surface area contributed by atoms with Crippen LogP contribution in [0.25, 0.3) is 0 Å². The van der Waals surface area contributed by atoms with Crippen LogP contribution in [0.4, 0.5) is 0 Å². The highest BCUT2D eigenvalue weighted by molar-refractivity contribution is 7.86. The zero-order chi connectivity index (χ0) is 34.8. The summed E-state index contributed by atoms with van der Waals surface area (Å²) < 4.78 is 83.0. The summed E-state index contributed by atoms with van der Waals surface area (Å²) in [5.41, 5.74) is 0.973. The van der Waals surface area contributed by atoms with E-state index in [1.165, 1.54) is 12.1 Å². The molecule has 0 aliphatic rings. The summed E-state index contributed by atoms with van der Waals surface area (Å²) in [7, 11) is -3.78. The third-order valence-corrected chi connectivity index (χ3v) is 7.55. The Labute approximate surface area is 287 Å². The molecule has 14 nitrogen and oxygen atoms in total. The van der Waals surface area contributed by atoms with Crippen molar-refractivity contribution >= 4 is 16.1 Å². The molecule has 0 atom stereocenters. The quantitative estimate of drug-likeness (QED) is 0.0570. The van der Waals surface area contributed by atoms with Crippen molar-refractivity contribution < 1.29 is 64.8 Å². The predicted molar refractivity (Wildman–Crippen MR) is 177 cm³/mol. The first-order chi connectivity index (χ1) is 23.5. The van der Waals surface area contributed by atoms with E-state index in [0.29, 0.717) is 119 Å². The van der Waals surface area contributed by atoms with E-state index in [4.69, 9.17) is 51.6 Å². The van der Waals surface area contributed by atoms with E-state index in [2.05, 4.69) is 6.92 Å². The molecule has 1 aromatic rings. The zero-order valence-electron chi connectivity index (χ0n) is 28.9. The van der Waals surface area contributed by atoms with Crippen LogP contribution in [0.3, 0.4) is 0 Å². The molecule has 0 amide bonds. The molecular weight excluding hydrogens is 652 g/mol. The lowest BCUT2D eigenvalue weighted by Crippen LogP contribution is -2.16. The van der Waals surface area contributed by atoms with Crippen molar-refractivity contribution in [2.24, 2.45) is 0 Å². The average Bonchev–Trinajstić information content (AvgIpc) is 3.07. The number of carbonyl (C=O) groups is 1. The third kappa shape index (κ3) is 28.1. The highest BCUT2D eigenvalue weighted by Crippen LogP contribution is 2.13. The molecule has 0 fully saturated rings. The van der Waals surface area contributed by atoms with Crippen LogP contribution in [0.1, 0.15) is 38.2 Å². The van der Waals surface area contributed by atoms with Gasteiger partial charge in [-0.05, 0) is 25.5 Å². The van der Waals surface area contributed by atoms with Crippen molar-refractivity contribution in [3.8, 4) is 0 Å². The van der Waals surface area contributed by atoms with Gasteiger partial charge in [0.05, 0.1) is 130 Å². The fraction of sp³-hybridized carbons (Fsp3) is 0.788. The number of aryl methyl sites for hydroxylation is 1. The van der Waals surface area contributed by atoms with Crippen LogP contribution in [0.15, 0.2) is 29.2 Å². The lowest BCUT2D eigenvalue weighted by atomic mass is 10.2. The van der Waals surface area contributed by atoms with E-state index in [0.717, 1.165) is 24.8 Å². The Morgan fingerprint density at radius 3 is 1.19 bits per heavy atom. The van der Waals surface area contributed by atoms with Gasteiger partial charge in [0, 0.05) is 6.42 Å². The van der Waals surface area contributed by atoms with Crippen LogP contribution in [0.2, 0.25) is 0 Å². The number of hydrogen-bond donors (Lipinski definition) is 0. The first-order valence-corrected chi connectivity index (χ1v) is 18.2. The molecule has 15 heteroatoms. The van der Waals surface area contributed by atoms with E-state index < -0.39 is 10.1 Å². The molecule has 280 valence electrons. The topological polar surface area (TPSA) is 153 Å². The molecule has 0 aliphatic carbocycles. The van der Waals surface area contributed by atoms with Gasteiger partial charge < -0.3 is 47.4 Å². The van der Waals surface area contributed by atoms with Gasteiger partial charge in [0.2, 0.25) is 0 Å². The standard InChI is InChI=1S/C33H58O14S/c1-3-4-5-6-33(34)46-29-27-44-25-23-42-21-19-40-17-15-38-13-11-37-12-14-39-16-18-41-20-22-43-24-26-45-28-30-47-48(35,36)32-9-7-31(2)8-10-32/h7-10H,3-6,11-30H2,1-2H3. The Morgan fingerprint density at radius 2 is 0.833 bits per heavy atom. The molecular formula is C33H58O14S. The molecule has 0 aromatic heterocycles. The Bertz CT molecular complexity index is 962. The van der Waals surface area contributed by atoms with Gasteiger partial charge in [-0.25, -0.2) is 0 Å². The van der Waals surface area contributed by atoms with Crippen molar-refractivity contribution in [1.29, 1.82) is 0 Å². The van der Waals surface area contributed by atoms with Gasteiger partial charge in [-0.1, -0.05) is 37.5 Å². The lowest BCUT2D eigenvalue weighted by Gasteiger charge is -2.09. The molecule has 0 heterocycles. The first-order valence-electron chi connectivity index (χ1n) is 16.8.